The van der Waals surface area contributed by atoms with Gasteiger partial charge in [0.25, 0.3) is 0 Å². The molecule has 0 spiro atoms. The first kappa shape index (κ1) is 21.9. The van der Waals surface area contributed by atoms with Gasteiger partial charge in [0.05, 0.1) is 12.1 Å². The van der Waals surface area contributed by atoms with Gasteiger partial charge in [-0.2, -0.15) is 0 Å². The molecule has 1 heterocycles. The average Bonchev–Trinajstić information content (AvgIpc) is 2.78. The summed E-state index contributed by atoms with van der Waals surface area (Å²) in [6.07, 6.45) is 1.01. The summed E-state index contributed by atoms with van der Waals surface area (Å²) in [7, 11) is 0. The van der Waals surface area contributed by atoms with Gasteiger partial charge in [-0.3, -0.25) is 4.79 Å². The van der Waals surface area contributed by atoms with Crippen LogP contribution >= 0.6 is 0 Å². The average molecular weight is 409 g/mol. The van der Waals surface area contributed by atoms with Gasteiger partial charge >= 0.3 is 6.09 Å². The first-order chi connectivity index (χ1) is 14.4. The van der Waals surface area contributed by atoms with Crippen LogP contribution in [-0.2, 0) is 15.1 Å². The minimum absolute atomic E-state index is 0.0282. The highest BCUT2D eigenvalue weighted by atomic mass is 16.6. The lowest BCUT2D eigenvalue weighted by molar-refractivity contribution is -0.127. The van der Waals surface area contributed by atoms with E-state index in [0.717, 1.165) is 11.1 Å². The molecule has 0 saturated carbocycles. The Bertz CT molecular complexity index is 788. The molecule has 3 rings (SSSR count). The van der Waals surface area contributed by atoms with Crippen molar-refractivity contribution >= 4 is 12.0 Å². The maximum absolute atomic E-state index is 13.2. The highest BCUT2D eigenvalue weighted by Gasteiger charge is 2.35. The number of amides is 2. The molecule has 0 bridgehead atoms. The lowest BCUT2D eigenvalue weighted by atomic mass is 9.83. The molecular formula is C25H32N2O3. The third-order valence-electron chi connectivity index (χ3n) is 5.74. The van der Waals surface area contributed by atoms with Gasteiger partial charge in [0.1, 0.15) is 0 Å². The molecule has 0 atom stereocenters. The Labute approximate surface area is 179 Å². The fourth-order valence-electron chi connectivity index (χ4n) is 3.86. The van der Waals surface area contributed by atoms with Crippen LogP contribution in [0, 0.1) is 11.8 Å². The summed E-state index contributed by atoms with van der Waals surface area (Å²) in [6, 6.07) is 20.1. The molecule has 0 aliphatic carbocycles. The Morgan fingerprint density at radius 3 is 1.97 bits per heavy atom. The van der Waals surface area contributed by atoms with Crippen molar-refractivity contribution in [1.29, 1.82) is 0 Å². The molecule has 1 N–H and O–H groups in total. The van der Waals surface area contributed by atoms with Crippen molar-refractivity contribution in [2.45, 2.75) is 39.2 Å². The molecule has 2 aromatic carbocycles. The number of likely N-dealkylation sites (tertiary alicyclic amines) is 1. The standard InChI is InChI=1S/C25H32N2O3/c1-19(2)18-30-24(29)27-16-14-20(15-17-27)23(28)26-25(3,21-10-6-4-7-11-21)22-12-8-5-9-13-22/h4-13,19-20H,14-18H2,1-3H3,(H,26,28). The molecular weight excluding hydrogens is 376 g/mol. The zero-order valence-corrected chi connectivity index (χ0v) is 18.1. The fourth-order valence-corrected chi connectivity index (χ4v) is 3.86. The van der Waals surface area contributed by atoms with Gasteiger partial charge in [0, 0.05) is 19.0 Å². The maximum atomic E-state index is 13.2. The SMILES string of the molecule is CC(C)COC(=O)N1CCC(C(=O)NC(C)(c2ccccc2)c2ccccc2)CC1. The van der Waals surface area contributed by atoms with E-state index in [2.05, 4.69) is 5.32 Å². The third kappa shape index (κ3) is 5.21. The van der Waals surface area contributed by atoms with E-state index >= 15 is 0 Å². The summed E-state index contributed by atoms with van der Waals surface area (Å²) in [6.45, 7) is 7.59. The van der Waals surface area contributed by atoms with Crippen molar-refractivity contribution < 1.29 is 14.3 Å². The Hall–Kier alpha value is -2.82. The van der Waals surface area contributed by atoms with Gasteiger partial charge in [-0.15, -0.1) is 0 Å². The van der Waals surface area contributed by atoms with Gasteiger partial charge in [-0.25, -0.2) is 4.79 Å². The van der Waals surface area contributed by atoms with E-state index in [-0.39, 0.29) is 17.9 Å². The first-order valence-corrected chi connectivity index (χ1v) is 10.7. The predicted molar refractivity (Wildman–Crippen MR) is 118 cm³/mol. The fraction of sp³-hybridized carbons (Fsp3) is 0.440. The van der Waals surface area contributed by atoms with Crippen molar-refractivity contribution in [2.75, 3.05) is 19.7 Å². The van der Waals surface area contributed by atoms with Crippen molar-refractivity contribution in [3.8, 4) is 0 Å². The van der Waals surface area contributed by atoms with Gasteiger partial charge in [0.15, 0.2) is 0 Å². The van der Waals surface area contributed by atoms with E-state index in [1.807, 2.05) is 81.4 Å². The zero-order valence-electron chi connectivity index (χ0n) is 18.1. The van der Waals surface area contributed by atoms with Crippen molar-refractivity contribution in [3.05, 3.63) is 71.8 Å². The highest BCUT2D eigenvalue weighted by Crippen LogP contribution is 2.30. The molecule has 5 nitrogen and oxygen atoms in total. The van der Waals surface area contributed by atoms with E-state index in [1.165, 1.54) is 0 Å². The lowest BCUT2D eigenvalue weighted by Gasteiger charge is -2.36. The molecule has 5 heteroatoms. The number of hydrogen-bond donors (Lipinski definition) is 1. The van der Waals surface area contributed by atoms with Crippen LogP contribution in [0.25, 0.3) is 0 Å². The quantitative estimate of drug-likeness (QED) is 0.762. The molecule has 1 aliphatic rings. The van der Waals surface area contributed by atoms with Crippen molar-refractivity contribution in [3.63, 3.8) is 0 Å². The molecule has 0 unspecified atom stereocenters. The summed E-state index contributed by atoms with van der Waals surface area (Å²) in [5, 5.41) is 3.31. The van der Waals surface area contributed by atoms with Crippen LogP contribution in [0.2, 0.25) is 0 Å². The highest BCUT2D eigenvalue weighted by molar-refractivity contribution is 5.80. The summed E-state index contributed by atoms with van der Waals surface area (Å²) in [4.78, 5) is 27.1. The van der Waals surface area contributed by atoms with Crippen LogP contribution < -0.4 is 5.32 Å². The van der Waals surface area contributed by atoms with Crippen LogP contribution in [0.15, 0.2) is 60.7 Å². The number of piperidine rings is 1. The largest absolute Gasteiger partial charge is 0.449 e. The third-order valence-corrected chi connectivity index (χ3v) is 5.74. The monoisotopic (exact) mass is 408 g/mol. The number of benzene rings is 2. The molecule has 0 radical (unpaired) electrons. The molecule has 1 saturated heterocycles. The number of rotatable bonds is 6. The Kier molecular flexibility index (Phi) is 7.14. The normalized spacial score (nSPS) is 15.1. The second-order valence-electron chi connectivity index (χ2n) is 8.58. The number of nitrogens with zero attached hydrogens (tertiary/aromatic N) is 1. The van der Waals surface area contributed by atoms with Crippen molar-refractivity contribution in [1.82, 2.24) is 10.2 Å². The Balaban J connectivity index is 1.67. The molecule has 1 fully saturated rings. The number of hydrogen-bond acceptors (Lipinski definition) is 3. The van der Waals surface area contributed by atoms with E-state index < -0.39 is 5.54 Å². The van der Waals surface area contributed by atoms with E-state index in [0.29, 0.717) is 38.5 Å². The smallest absolute Gasteiger partial charge is 0.409 e. The van der Waals surface area contributed by atoms with Crippen LogP contribution in [0.1, 0.15) is 44.7 Å². The number of carbonyl (C=O) groups is 2. The maximum Gasteiger partial charge on any atom is 0.409 e. The van der Waals surface area contributed by atoms with Crippen LogP contribution in [-0.4, -0.2) is 36.6 Å². The van der Waals surface area contributed by atoms with Crippen molar-refractivity contribution in [2.24, 2.45) is 11.8 Å². The van der Waals surface area contributed by atoms with E-state index in [9.17, 15) is 9.59 Å². The lowest BCUT2D eigenvalue weighted by Crippen LogP contribution is -2.49. The molecule has 1 aliphatic heterocycles. The van der Waals surface area contributed by atoms with Crippen LogP contribution in [0.5, 0.6) is 0 Å². The van der Waals surface area contributed by atoms with E-state index in [4.69, 9.17) is 4.74 Å². The first-order valence-electron chi connectivity index (χ1n) is 10.7. The summed E-state index contributed by atoms with van der Waals surface area (Å²) in [5.41, 5.74) is 1.46. The van der Waals surface area contributed by atoms with Gasteiger partial charge in [-0.1, -0.05) is 74.5 Å². The van der Waals surface area contributed by atoms with Gasteiger partial charge in [-0.05, 0) is 36.8 Å². The number of nitrogens with one attached hydrogen (secondary N) is 1. The zero-order chi connectivity index (χ0) is 21.6. The summed E-state index contributed by atoms with van der Waals surface area (Å²) in [5.74, 6) is 0.220. The minimum Gasteiger partial charge on any atom is -0.449 e. The topological polar surface area (TPSA) is 58.6 Å². The van der Waals surface area contributed by atoms with Crippen LogP contribution in [0.4, 0.5) is 4.79 Å². The van der Waals surface area contributed by atoms with Gasteiger partial charge < -0.3 is 15.0 Å². The number of ether oxygens (including phenoxy) is 1. The van der Waals surface area contributed by atoms with Gasteiger partial charge in [0.2, 0.25) is 5.91 Å². The summed E-state index contributed by atoms with van der Waals surface area (Å²) < 4.78 is 5.32. The Morgan fingerprint density at radius 1 is 1.00 bits per heavy atom. The second kappa shape index (κ2) is 9.79. The molecule has 2 aromatic rings. The second-order valence-corrected chi connectivity index (χ2v) is 8.58. The molecule has 160 valence electrons. The molecule has 2 amide bonds. The van der Waals surface area contributed by atoms with E-state index in [1.54, 1.807) is 4.90 Å². The minimum atomic E-state index is -0.618. The molecule has 30 heavy (non-hydrogen) atoms. The molecule has 0 aromatic heterocycles. The Morgan fingerprint density at radius 2 is 1.50 bits per heavy atom. The number of carbonyl (C=O) groups excluding carboxylic acids is 2. The predicted octanol–water partition coefficient (Wildman–Crippen LogP) is 4.57. The summed E-state index contributed by atoms with van der Waals surface area (Å²) >= 11 is 0. The van der Waals surface area contributed by atoms with Crippen LogP contribution in [0.3, 0.4) is 0 Å².